The van der Waals surface area contributed by atoms with Crippen molar-refractivity contribution >= 4 is 35.4 Å². The first-order valence-corrected chi connectivity index (χ1v) is 9.37. The summed E-state index contributed by atoms with van der Waals surface area (Å²) in [5.74, 6) is 0.678. The zero-order valence-corrected chi connectivity index (χ0v) is 15.7. The molecule has 2 aromatic rings. The monoisotopic (exact) mass is 368 g/mol. The van der Waals surface area contributed by atoms with Gasteiger partial charge < -0.3 is 0 Å². The Morgan fingerprint density at radius 2 is 1.36 bits per heavy atom. The molecule has 0 amide bonds. The van der Waals surface area contributed by atoms with Gasteiger partial charge in [-0.15, -0.1) is 6.58 Å². The normalized spacial score (nSPS) is 18.7. The lowest BCUT2D eigenvalue weighted by molar-refractivity contribution is 0.643. The summed E-state index contributed by atoms with van der Waals surface area (Å²) in [4.78, 5) is 0. The molecule has 0 aromatic heterocycles. The summed E-state index contributed by atoms with van der Waals surface area (Å²) in [6.45, 7) is 3.85. The highest BCUT2D eigenvalue weighted by Gasteiger charge is 2.48. The molecule has 25 heavy (non-hydrogen) atoms. The van der Waals surface area contributed by atoms with Crippen LogP contribution in [0.3, 0.4) is 0 Å². The van der Waals surface area contributed by atoms with Gasteiger partial charge in [-0.3, -0.25) is 0 Å². The average molecular weight is 369 g/mol. The first-order chi connectivity index (χ1) is 12.1. The quantitative estimate of drug-likeness (QED) is 0.439. The van der Waals surface area contributed by atoms with Gasteiger partial charge in [-0.2, -0.15) is 0 Å². The SMILES string of the molecule is C=CCC[C@@H]1CC1(/C=C/c1ccc(Cl)cc1)/C=C/c1ccc(Cl)cc1. The van der Waals surface area contributed by atoms with E-state index >= 15 is 0 Å². The molecule has 2 aromatic carbocycles. The van der Waals surface area contributed by atoms with Crippen molar-refractivity contribution < 1.29 is 0 Å². The minimum atomic E-state index is 0.141. The van der Waals surface area contributed by atoms with Gasteiger partial charge in [0.05, 0.1) is 0 Å². The van der Waals surface area contributed by atoms with Crippen LogP contribution in [-0.2, 0) is 0 Å². The fraction of sp³-hybridized carbons (Fsp3) is 0.217. The van der Waals surface area contributed by atoms with Gasteiger partial charge in [-0.05, 0) is 60.6 Å². The molecule has 0 radical (unpaired) electrons. The van der Waals surface area contributed by atoms with E-state index in [0.717, 1.165) is 16.5 Å². The minimum Gasteiger partial charge on any atom is -0.103 e. The van der Waals surface area contributed by atoms with E-state index in [1.54, 1.807) is 0 Å². The summed E-state index contributed by atoms with van der Waals surface area (Å²) in [5.41, 5.74) is 2.50. The number of hydrogen-bond donors (Lipinski definition) is 0. The van der Waals surface area contributed by atoms with Crippen LogP contribution in [0.15, 0.2) is 73.3 Å². The van der Waals surface area contributed by atoms with E-state index in [-0.39, 0.29) is 5.41 Å². The van der Waals surface area contributed by atoms with Crippen molar-refractivity contribution in [1.29, 1.82) is 0 Å². The topological polar surface area (TPSA) is 0 Å². The summed E-state index contributed by atoms with van der Waals surface area (Å²) in [6, 6.07) is 15.9. The molecule has 0 aliphatic heterocycles. The van der Waals surface area contributed by atoms with Crippen molar-refractivity contribution in [3.63, 3.8) is 0 Å². The van der Waals surface area contributed by atoms with Gasteiger partial charge in [0.15, 0.2) is 0 Å². The molecule has 0 bridgehead atoms. The van der Waals surface area contributed by atoms with Crippen LogP contribution in [0, 0.1) is 11.3 Å². The van der Waals surface area contributed by atoms with Crippen LogP contribution < -0.4 is 0 Å². The van der Waals surface area contributed by atoms with Gasteiger partial charge >= 0.3 is 0 Å². The summed E-state index contributed by atoms with van der Waals surface area (Å²) < 4.78 is 0. The van der Waals surface area contributed by atoms with Gasteiger partial charge in [0.1, 0.15) is 0 Å². The van der Waals surface area contributed by atoms with E-state index in [0.29, 0.717) is 5.92 Å². The largest absolute Gasteiger partial charge is 0.103 e. The van der Waals surface area contributed by atoms with E-state index in [9.17, 15) is 0 Å². The van der Waals surface area contributed by atoms with Gasteiger partial charge in [-0.25, -0.2) is 0 Å². The molecule has 1 atom stereocenters. The predicted octanol–water partition coefficient (Wildman–Crippen LogP) is 7.69. The van der Waals surface area contributed by atoms with Crippen LogP contribution in [0.5, 0.6) is 0 Å². The Hall–Kier alpha value is -1.76. The molecule has 0 unspecified atom stereocenters. The smallest absolute Gasteiger partial charge is 0.0406 e. The third-order valence-electron chi connectivity index (χ3n) is 4.83. The molecule has 128 valence electrons. The lowest BCUT2D eigenvalue weighted by Crippen LogP contribution is -1.95. The highest BCUT2D eigenvalue weighted by molar-refractivity contribution is 6.30. The fourth-order valence-corrected chi connectivity index (χ4v) is 3.42. The second-order valence-corrected chi connectivity index (χ2v) is 7.52. The lowest BCUT2D eigenvalue weighted by Gasteiger charge is -2.08. The second kappa shape index (κ2) is 8.08. The Labute approximate surface area is 160 Å². The highest BCUT2D eigenvalue weighted by atomic mass is 35.5. The molecule has 1 aliphatic carbocycles. The van der Waals surface area contributed by atoms with Crippen LogP contribution in [0.25, 0.3) is 12.2 Å². The van der Waals surface area contributed by atoms with E-state index in [1.807, 2.05) is 30.3 Å². The maximum Gasteiger partial charge on any atom is 0.0406 e. The number of halogens is 2. The molecule has 0 spiro atoms. The maximum atomic E-state index is 5.97. The van der Waals surface area contributed by atoms with Crippen molar-refractivity contribution in [2.75, 3.05) is 0 Å². The van der Waals surface area contributed by atoms with E-state index in [1.165, 1.54) is 24.0 Å². The molecule has 1 fully saturated rings. The zero-order valence-electron chi connectivity index (χ0n) is 14.2. The summed E-state index contributed by atoms with van der Waals surface area (Å²) in [6.07, 6.45) is 14.5. The van der Waals surface area contributed by atoms with Crippen LogP contribution in [0.4, 0.5) is 0 Å². The predicted molar refractivity (Wildman–Crippen MR) is 111 cm³/mol. The van der Waals surface area contributed by atoms with Crippen LogP contribution in [0.2, 0.25) is 10.0 Å². The van der Waals surface area contributed by atoms with Crippen LogP contribution in [-0.4, -0.2) is 0 Å². The fourth-order valence-electron chi connectivity index (χ4n) is 3.17. The molecule has 0 N–H and O–H groups in total. The summed E-state index contributed by atoms with van der Waals surface area (Å²) in [7, 11) is 0. The van der Waals surface area contributed by atoms with E-state index < -0.39 is 0 Å². The molecule has 1 aliphatic rings. The Morgan fingerprint density at radius 1 is 0.880 bits per heavy atom. The van der Waals surface area contributed by atoms with Crippen molar-refractivity contribution in [3.05, 3.63) is 94.5 Å². The molecule has 0 nitrogen and oxygen atoms in total. The van der Waals surface area contributed by atoms with Crippen molar-refractivity contribution in [1.82, 2.24) is 0 Å². The number of hydrogen-bond acceptors (Lipinski definition) is 0. The average Bonchev–Trinajstić information content (AvgIpc) is 3.32. The molecular formula is C23H22Cl2. The number of allylic oxidation sites excluding steroid dienone is 3. The highest BCUT2D eigenvalue weighted by Crippen LogP contribution is 2.58. The van der Waals surface area contributed by atoms with Crippen molar-refractivity contribution in [2.45, 2.75) is 19.3 Å². The number of rotatable bonds is 7. The lowest BCUT2D eigenvalue weighted by atomic mass is 9.97. The van der Waals surface area contributed by atoms with Gasteiger partial charge in [0, 0.05) is 15.5 Å². The van der Waals surface area contributed by atoms with Crippen molar-refractivity contribution in [2.24, 2.45) is 11.3 Å². The standard InChI is InChI=1S/C23H22Cl2/c1-2-3-4-20-17-23(20,15-13-18-5-9-21(24)10-6-18)16-14-19-7-11-22(25)12-8-19/h2,5-16,20H,1,3-4,17H2/b15-13+,16-14+/t20-/m1/s1. The van der Waals surface area contributed by atoms with E-state index in [2.05, 4.69) is 55.1 Å². The van der Waals surface area contributed by atoms with Gasteiger partial charge in [-0.1, -0.05) is 77.8 Å². The minimum absolute atomic E-state index is 0.141. The first kappa shape index (κ1) is 18.0. The van der Waals surface area contributed by atoms with E-state index in [4.69, 9.17) is 23.2 Å². The Morgan fingerprint density at radius 3 is 1.80 bits per heavy atom. The van der Waals surface area contributed by atoms with Crippen LogP contribution >= 0.6 is 23.2 Å². The molecular weight excluding hydrogens is 347 g/mol. The Balaban J connectivity index is 1.77. The zero-order chi connectivity index (χ0) is 17.7. The van der Waals surface area contributed by atoms with Gasteiger partial charge in [0.2, 0.25) is 0 Å². The Bertz CT molecular complexity index is 711. The molecule has 1 saturated carbocycles. The van der Waals surface area contributed by atoms with Gasteiger partial charge in [0.25, 0.3) is 0 Å². The third kappa shape index (κ3) is 4.87. The maximum absolute atomic E-state index is 5.97. The molecule has 2 heteroatoms. The Kier molecular flexibility index (Phi) is 5.83. The molecule has 0 saturated heterocycles. The second-order valence-electron chi connectivity index (χ2n) is 6.65. The summed E-state index contributed by atoms with van der Waals surface area (Å²) >= 11 is 11.9. The number of benzene rings is 2. The molecule has 3 rings (SSSR count). The molecule has 0 heterocycles. The summed E-state index contributed by atoms with van der Waals surface area (Å²) in [5, 5.41) is 1.54. The van der Waals surface area contributed by atoms with Crippen molar-refractivity contribution in [3.8, 4) is 0 Å². The first-order valence-electron chi connectivity index (χ1n) is 8.62. The third-order valence-corrected chi connectivity index (χ3v) is 5.34. The van der Waals surface area contributed by atoms with Crippen LogP contribution in [0.1, 0.15) is 30.4 Å².